The highest BCUT2D eigenvalue weighted by atomic mass is 19.1. The van der Waals surface area contributed by atoms with Crippen molar-refractivity contribution >= 4 is 0 Å². The standard InChI is InChI=1S/C17H18FN/c1-12-10-15(18)8-6-14(12)11-19-17-9-7-13-4-2-3-5-16(13)17/h2-6,8,10,17,19H,7,9,11H2,1H3. The first-order chi connectivity index (χ1) is 9.24. The molecule has 2 aromatic rings. The highest BCUT2D eigenvalue weighted by molar-refractivity contribution is 5.34. The van der Waals surface area contributed by atoms with Crippen molar-refractivity contribution in [3.05, 3.63) is 70.5 Å². The van der Waals surface area contributed by atoms with E-state index in [9.17, 15) is 4.39 Å². The van der Waals surface area contributed by atoms with Crippen molar-refractivity contribution < 1.29 is 4.39 Å². The minimum atomic E-state index is -0.160. The molecule has 0 amide bonds. The van der Waals surface area contributed by atoms with Crippen molar-refractivity contribution in [2.45, 2.75) is 32.4 Å². The average molecular weight is 255 g/mol. The third-order valence-electron chi connectivity index (χ3n) is 3.98. The van der Waals surface area contributed by atoms with Crippen LogP contribution in [0.3, 0.4) is 0 Å². The molecule has 1 unspecified atom stereocenters. The average Bonchev–Trinajstić information content (AvgIpc) is 2.81. The van der Waals surface area contributed by atoms with E-state index >= 15 is 0 Å². The minimum absolute atomic E-state index is 0.160. The molecule has 19 heavy (non-hydrogen) atoms. The largest absolute Gasteiger partial charge is 0.306 e. The van der Waals surface area contributed by atoms with E-state index in [4.69, 9.17) is 0 Å². The lowest BCUT2D eigenvalue weighted by atomic mass is 10.1. The Balaban J connectivity index is 1.71. The Kier molecular flexibility index (Phi) is 3.34. The van der Waals surface area contributed by atoms with E-state index in [1.54, 1.807) is 6.07 Å². The molecule has 0 bridgehead atoms. The molecule has 0 saturated carbocycles. The van der Waals surface area contributed by atoms with Crippen molar-refractivity contribution in [1.29, 1.82) is 0 Å². The van der Waals surface area contributed by atoms with Crippen LogP contribution in [0.5, 0.6) is 0 Å². The van der Waals surface area contributed by atoms with Gasteiger partial charge in [-0.2, -0.15) is 0 Å². The zero-order valence-corrected chi connectivity index (χ0v) is 11.1. The molecule has 0 fully saturated rings. The van der Waals surface area contributed by atoms with Gasteiger partial charge in [0, 0.05) is 12.6 Å². The summed E-state index contributed by atoms with van der Waals surface area (Å²) >= 11 is 0. The molecule has 3 rings (SSSR count). The van der Waals surface area contributed by atoms with Crippen LogP contribution in [-0.2, 0) is 13.0 Å². The molecule has 1 aliphatic rings. The second-order valence-corrected chi connectivity index (χ2v) is 5.24. The van der Waals surface area contributed by atoms with Gasteiger partial charge in [0.2, 0.25) is 0 Å². The molecule has 0 spiro atoms. The summed E-state index contributed by atoms with van der Waals surface area (Å²) in [5.41, 5.74) is 5.06. The molecule has 1 atom stereocenters. The van der Waals surface area contributed by atoms with Gasteiger partial charge in [-0.05, 0) is 54.2 Å². The molecule has 0 heterocycles. The van der Waals surface area contributed by atoms with Crippen molar-refractivity contribution in [2.75, 3.05) is 0 Å². The number of benzene rings is 2. The highest BCUT2D eigenvalue weighted by Crippen LogP contribution is 2.30. The van der Waals surface area contributed by atoms with Crippen LogP contribution in [0.15, 0.2) is 42.5 Å². The van der Waals surface area contributed by atoms with Crippen LogP contribution in [-0.4, -0.2) is 0 Å². The zero-order chi connectivity index (χ0) is 13.2. The van der Waals surface area contributed by atoms with E-state index < -0.39 is 0 Å². The van der Waals surface area contributed by atoms with E-state index in [-0.39, 0.29) is 5.82 Å². The number of hydrogen-bond donors (Lipinski definition) is 1. The molecule has 0 aliphatic heterocycles. The van der Waals surface area contributed by atoms with E-state index in [1.165, 1.54) is 22.8 Å². The zero-order valence-electron chi connectivity index (χ0n) is 11.1. The number of rotatable bonds is 3. The van der Waals surface area contributed by atoms with Gasteiger partial charge in [-0.25, -0.2) is 4.39 Å². The van der Waals surface area contributed by atoms with Gasteiger partial charge in [-0.1, -0.05) is 30.3 Å². The normalized spacial score (nSPS) is 17.5. The molecular weight excluding hydrogens is 237 g/mol. The summed E-state index contributed by atoms with van der Waals surface area (Å²) in [5, 5.41) is 3.59. The molecule has 1 aliphatic carbocycles. The van der Waals surface area contributed by atoms with Gasteiger partial charge in [0.05, 0.1) is 0 Å². The first-order valence-corrected chi connectivity index (χ1v) is 6.80. The summed E-state index contributed by atoms with van der Waals surface area (Å²) in [6.07, 6.45) is 2.30. The summed E-state index contributed by atoms with van der Waals surface area (Å²) in [6.45, 7) is 2.76. The molecule has 2 aromatic carbocycles. The fourth-order valence-electron chi connectivity index (χ4n) is 2.86. The van der Waals surface area contributed by atoms with E-state index in [0.29, 0.717) is 6.04 Å². The topological polar surface area (TPSA) is 12.0 Å². The quantitative estimate of drug-likeness (QED) is 0.876. The number of nitrogens with one attached hydrogen (secondary N) is 1. The minimum Gasteiger partial charge on any atom is -0.306 e. The fraction of sp³-hybridized carbons (Fsp3) is 0.294. The van der Waals surface area contributed by atoms with Crippen LogP contribution in [0.2, 0.25) is 0 Å². The maximum atomic E-state index is 13.1. The Hall–Kier alpha value is -1.67. The van der Waals surface area contributed by atoms with Gasteiger partial charge in [0.15, 0.2) is 0 Å². The van der Waals surface area contributed by atoms with Crippen LogP contribution in [0, 0.1) is 12.7 Å². The Morgan fingerprint density at radius 3 is 2.89 bits per heavy atom. The van der Waals surface area contributed by atoms with Gasteiger partial charge in [-0.3, -0.25) is 0 Å². The van der Waals surface area contributed by atoms with E-state index in [1.807, 2.05) is 13.0 Å². The predicted octanol–water partition coefficient (Wildman–Crippen LogP) is 3.91. The highest BCUT2D eigenvalue weighted by Gasteiger charge is 2.21. The fourth-order valence-corrected chi connectivity index (χ4v) is 2.86. The lowest BCUT2D eigenvalue weighted by Crippen LogP contribution is -2.19. The SMILES string of the molecule is Cc1cc(F)ccc1CNC1CCc2ccccc21. The molecule has 2 heteroatoms. The summed E-state index contributed by atoms with van der Waals surface area (Å²) < 4.78 is 13.1. The van der Waals surface area contributed by atoms with Crippen LogP contribution in [0.4, 0.5) is 4.39 Å². The number of fused-ring (bicyclic) bond motifs is 1. The molecule has 0 saturated heterocycles. The second-order valence-electron chi connectivity index (χ2n) is 5.24. The summed E-state index contributed by atoms with van der Waals surface area (Å²) in [4.78, 5) is 0. The van der Waals surface area contributed by atoms with Crippen LogP contribution < -0.4 is 5.32 Å². The Labute approximate surface area is 113 Å². The number of aryl methyl sites for hydroxylation is 2. The van der Waals surface area contributed by atoms with Gasteiger partial charge >= 0.3 is 0 Å². The van der Waals surface area contributed by atoms with Crippen LogP contribution >= 0.6 is 0 Å². The summed E-state index contributed by atoms with van der Waals surface area (Å²) in [6, 6.07) is 14.1. The Bertz CT molecular complexity index is 592. The second kappa shape index (κ2) is 5.14. The maximum absolute atomic E-state index is 13.1. The first-order valence-electron chi connectivity index (χ1n) is 6.80. The van der Waals surface area contributed by atoms with Gasteiger partial charge in [-0.15, -0.1) is 0 Å². The molecule has 1 nitrogen and oxygen atoms in total. The van der Waals surface area contributed by atoms with Crippen molar-refractivity contribution in [3.63, 3.8) is 0 Å². The lowest BCUT2D eigenvalue weighted by Gasteiger charge is -2.15. The molecule has 98 valence electrons. The molecule has 1 N–H and O–H groups in total. The molecule has 0 radical (unpaired) electrons. The Morgan fingerprint density at radius 1 is 1.21 bits per heavy atom. The smallest absolute Gasteiger partial charge is 0.123 e. The van der Waals surface area contributed by atoms with Crippen molar-refractivity contribution in [3.8, 4) is 0 Å². The summed E-state index contributed by atoms with van der Waals surface area (Å²) in [5.74, 6) is -0.160. The third-order valence-corrected chi connectivity index (χ3v) is 3.98. The monoisotopic (exact) mass is 255 g/mol. The van der Waals surface area contributed by atoms with E-state index in [2.05, 4.69) is 29.6 Å². The molecular formula is C17H18FN. The van der Waals surface area contributed by atoms with Gasteiger partial charge in [0.25, 0.3) is 0 Å². The lowest BCUT2D eigenvalue weighted by molar-refractivity contribution is 0.528. The van der Waals surface area contributed by atoms with E-state index in [0.717, 1.165) is 24.9 Å². The third kappa shape index (κ3) is 2.54. The summed E-state index contributed by atoms with van der Waals surface area (Å²) in [7, 11) is 0. The maximum Gasteiger partial charge on any atom is 0.123 e. The van der Waals surface area contributed by atoms with Gasteiger partial charge in [0.1, 0.15) is 5.82 Å². The van der Waals surface area contributed by atoms with Crippen LogP contribution in [0.1, 0.15) is 34.7 Å². The van der Waals surface area contributed by atoms with Gasteiger partial charge < -0.3 is 5.32 Å². The molecule has 0 aromatic heterocycles. The van der Waals surface area contributed by atoms with Crippen molar-refractivity contribution in [1.82, 2.24) is 5.32 Å². The predicted molar refractivity (Wildman–Crippen MR) is 75.5 cm³/mol. The van der Waals surface area contributed by atoms with Crippen molar-refractivity contribution in [2.24, 2.45) is 0 Å². The first kappa shape index (κ1) is 12.4. The number of hydrogen-bond acceptors (Lipinski definition) is 1. The Morgan fingerprint density at radius 2 is 2.05 bits per heavy atom. The number of halogens is 1. The van der Waals surface area contributed by atoms with Crippen LogP contribution in [0.25, 0.3) is 0 Å².